The number of ether oxygens (including phenoxy) is 3. The zero-order chi connectivity index (χ0) is 23.4. The van der Waals surface area contributed by atoms with Crippen molar-refractivity contribution in [2.75, 3.05) is 34.4 Å². The van der Waals surface area contributed by atoms with Crippen LogP contribution in [0.3, 0.4) is 0 Å². The average Bonchev–Trinajstić information content (AvgIpc) is 2.79. The number of hydrogen-bond donors (Lipinski definition) is 0. The summed E-state index contributed by atoms with van der Waals surface area (Å²) in [5.74, 6) is 0.462. The quantitative estimate of drug-likeness (QED) is 0.375. The van der Waals surface area contributed by atoms with Crippen LogP contribution in [-0.4, -0.2) is 62.1 Å². The fourth-order valence-electron chi connectivity index (χ4n) is 3.20. The van der Waals surface area contributed by atoms with E-state index in [1.54, 1.807) is 18.2 Å². The second-order valence-corrected chi connectivity index (χ2v) is 7.45. The molecule has 0 spiro atoms. The summed E-state index contributed by atoms with van der Waals surface area (Å²) >= 11 is 0. The summed E-state index contributed by atoms with van der Waals surface area (Å²) in [4.78, 5) is 38.4. The molecule has 3 rings (SSSR count). The van der Waals surface area contributed by atoms with Crippen molar-refractivity contribution < 1.29 is 28.6 Å². The maximum atomic E-state index is 12.4. The van der Waals surface area contributed by atoms with E-state index in [4.69, 9.17) is 14.2 Å². The lowest BCUT2D eigenvalue weighted by Gasteiger charge is -2.28. The van der Waals surface area contributed by atoms with Crippen LogP contribution in [0.4, 0.5) is 4.79 Å². The number of urea groups is 1. The third kappa shape index (κ3) is 4.74. The minimum absolute atomic E-state index is 0.104. The van der Waals surface area contributed by atoms with Crippen molar-refractivity contribution in [3.8, 4) is 17.2 Å². The second kappa shape index (κ2) is 9.55. The van der Waals surface area contributed by atoms with E-state index in [2.05, 4.69) is 0 Å². The fraction of sp³-hybridized carbons (Fsp3) is 0.292. The van der Waals surface area contributed by atoms with Crippen LogP contribution in [0.15, 0.2) is 42.0 Å². The number of benzene rings is 2. The Morgan fingerprint density at radius 2 is 1.44 bits per heavy atom. The number of methoxy groups -OCH3 is 1. The second-order valence-electron chi connectivity index (χ2n) is 7.45. The highest BCUT2D eigenvalue weighted by Gasteiger charge is 2.37. The first-order valence-corrected chi connectivity index (χ1v) is 10.1. The van der Waals surface area contributed by atoms with Crippen LogP contribution in [0, 0.1) is 13.8 Å². The molecule has 0 saturated carbocycles. The van der Waals surface area contributed by atoms with Gasteiger partial charge in [-0.3, -0.25) is 19.4 Å². The molecule has 2 aromatic rings. The molecule has 0 atom stereocenters. The zero-order valence-corrected chi connectivity index (χ0v) is 18.8. The predicted octanol–water partition coefficient (Wildman–Crippen LogP) is 3.20. The van der Waals surface area contributed by atoms with Crippen molar-refractivity contribution in [2.24, 2.45) is 0 Å². The Labute approximate surface area is 187 Å². The monoisotopic (exact) mass is 438 g/mol. The molecule has 1 fully saturated rings. The van der Waals surface area contributed by atoms with Gasteiger partial charge in [-0.15, -0.1) is 0 Å². The van der Waals surface area contributed by atoms with Gasteiger partial charge in [-0.25, -0.2) is 4.79 Å². The van der Waals surface area contributed by atoms with Crippen molar-refractivity contribution in [2.45, 2.75) is 13.8 Å². The number of carbonyl (C=O) groups excluding carboxylic acids is 3. The summed E-state index contributed by atoms with van der Waals surface area (Å²) in [6, 6.07) is 10.4. The molecule has 1 saturated heterocycles. The molecule has 1 aliphatic rings. The molecule has 1 aliphatic heterocycles. The van der Waals surface area contributed by atoms with Gasteiger partial charge < -0.3 is 14.2 Å². The smallest absolute Gasteiger partial charge is 0.333 e. The Morgan fingerprint density at radius 3 is 2.06 bits per heavy atom. The maximum absolute atomic E-state index is 12.4. The Hall–Kier alpha value is -3.81. The number of nitrogens with zero attached hydrogens (tertiary/aromatic N) is 2. The van der Waals surface area contributed by atoms with Crippen molar-refractivity contribution >= 4 is 23.9 Å². The molecule has 4 amide bonds. The van der Waals surface area contributed by atoms with Gasteiger partial charge in [0.15, 0.2) is 11.5 Å². The van der Waals surface area contributed by atoms with E-state index in [0.717, 1.165) is 26.7 Å². The van der Waals surface area contributed by atoms with Crippen LogP contribution in [-0.2, 0) is 9.59 Å². The predicted molar refractivity (Wildman–Crippen MR) is 119 cm³/mol. The van der Waals surface area contributed by atoms with Gasteiger partial charge >= 0.3 is 6.03 Å². The van der Waals surface area contributed by atoms with Gasteiger partial charge in [0.1, 0.15) is 24.5 Å². The summed E-state index contributed by atoms with van der Waals surface area (Å²) in [6.45, 7) is 4.65. The third-order valence-electron chi connectivity index (χ3n) is 5.08. The lowest BCUT2D eigenvalue weighted by atomic mass is 10.1. The van der Waals surface area contributed by atoms with Crippen LogP contribution in [0.2, 0.25) is 0 Å². The number of imide groups is 2. The largest absolute Gasteiger partial charge is 0.493 e. The van der Waals surface area contributed by atoms with Gasteiger partial charge in [0, 0.05) is 14.1 Å². The number of amides is 4. The Bertz CT molecular complexity index is 1070. The average molecular weight is 438 g/mol. The molecule has 32 heavy (non-hydrogen) atoms. The van der Waals surface area contributed by atoms with Crippen LogP contribution < -0.4 is 14.2 Å². The van der Waals surface area contributed by atoms with Crippen LogP contribution in [0.25, 0.3) is 6.08 Å². The van der Waals surface area contributed by atoms with E-state index in [-0.39, 0.29) is 5.57 Å². The van der Waals surface area contributed by atoms with Crippen molar-refractivity contribution in [3.05, 3.63) is 58.7 Å². The highest BCUT2D eigenvalue weighted by Crippen LogP contribution is 2.30. The molecule has 0 bridgehead atoms. The molecule has 0 aromatic heterocycles. The first kappa shape index (κ1) is 22.9. The van der Waals surface area contributed by atoms with Gasteiger partial charge in [0.25, 0.3) is 11.8 Å². The number of barbiturate groups is 1. The number of hydrogen-bond acceptors (Lipinski definition) is 6. The normalized spacial score (nSPS) is 14.0. The third-order valence-corrected chi connectivity index (χ3v) is 5.08. The summed E-state index contributed by atoms with van der Waals surface area (Å²) in [5.41, 5.74) is 2.63. The molecule has 0 aliphatic carbocycles. The molecule has 0 radical (unpaired) electrons. The topological polar surface area (TPSA) is 85.4 Å². The molecular weight excluding hydrogens is 412 g/mol. The molecule has 1 heterocycles. The van der Waals surface area contributed by atoms with E-state index in [0.29, 0.717) is 30.3 Å². The van der Waals surface area contributed by atoms with Gasteiger partial charge in [-0.05, 0) is 54.8 Å². The first-order valence-electron chi connectivity index (χ1n) is 10.1. The molecule has 0 N–H and O–H groups in total. The number of rotatable bonds is 7. The summed E-state index contributed by atoms with van der Waals surface area (Å²) in [6.07, 6.45) is 1.43. The number of likely N-dealkylation sites (N-methyl/N-ethyl adjacent to an activating group) is 2. The molecular formula is C24H26N2O6. The van der Waals surface area contributed by atoms with Gasteiger partial charge in [-0.2, -0.15) is 0 Å². The van der Waals surface area contributed by atoms with E-state index in [9.17, 15) is 14.4 Å². The van der Waals surface area contributed by atoms with E-state index in [1.807, 2.05) is 32.0 Å². The van der Waals surface area contributed by atoms with E-state index < -0.39 is 17.8 Å². The summed E-state index contributed by atoms with van der Waals surface area (Å²) in [5, 5.41) is 0. The van der Waals surface area contributed by atoms with Crippen molar-refractivity contribution in [1.82, 2.24) is 9.80 Å². The Balaban J connectivity index is 1.70. The fourth-order valence-corrected chi connectivity index (χ4v) is 3.20. The van der Waals surface area contributed by atoms with Crippen LogP contribution in [0.1, 0.15) is 16.7 Å². The highest BCUT2D eigenvalue weighted by atomic mass is 16.5. The van der Waals surface area contributed by atoms with Crippen molar-refractivity contribution in [3.63, 3.8) is 0 Å². The van der Waals surface area contributed by atoms with Gasteiger partial charge in [0.2, 0.25) is 0 Å². The SMILES string of the molecule is COc1cc(C=C2C(=O)N(C)C(=O)N(C)C2=O)ccc1OCCOc1cc(C)ccc1C. The van der Waals surface area contributed by atoms with E-state index in [1.165, 1.54) is 27.3 Å². The lowest BCUT2D eigenvalue weighted by Crippen LogP contribution is -2.52. The number of carbonyl (C=O) groups is 3. The minimum Gasteiger partial charge on any atom is -0.493 e. The van der Waals surface area contributed by atoms with Crippen molar-refractivity contribution in [1.29, 1.82) is 0 Å². The minimum atomic E-state index is -0.665. The van der Waals surface area contributed by atoms with Gasteiger partial charge in [-0.1, -0.05) is 18.2 Å². The zero-order valence-electron chi connectivity index (χ0n) is 18.8. The lowest BCUT2D eigenvalue weighted by molar-refractivity contribution is -0.134. The Kier molecular flexibility index (Phi) is 6.82. The molecule has 2 aromatic carbocycles. The number of aryl methyl sites for hydroxylation is 2. The molecule has 8 nitrogen and oxygen atoms in total. The van der Waals surface area contributed by atoms with E-state index >= 15 is 0 Å². The molecule has 168 valence electrons. The summed E-state index contributed by atoms with van der Waals surface area (Å²) in [7, 11) is 4.17. The molecule has 0 unspecified atom stereocenters. The first-order chi connectivity index (χ1) is 15.2. The Morgan fingerprint density at radius 1 is 0.812 bits per heavy atom. The summed E-state index contributed by atoms with van der Waals surface area (Å²) < 4.78 is 17.0. The molecule has 8 heteroatoms. The highest BCUT2D eigenvalue weighted by molar-refractivity contribution is 6.30. The standard InChI is InChI=1S/C24H26N2O6/c1-15-6-7-16(2)20(12-15)32-11-10-31-19-9-8-17(14-21(19)30-5)13-18-22(27)25(3)24(29)26(4)23(18)28/h6-9,12-14H,10-11H2,1-5H3. The van der Waals surface area contributed by atoms with Crippen LogP contribution >= 0.6 is 0 Å². The van der Waals surface area contributed by atoms with Crippen LogP contribution in [0.5, 0.6) is 17.2 Å². The maximum Gasteiger partial charge on any atom is 0.333 e. The van der Waals surface area contributed by atoms with Gasteiger partial charge in [0.05, 0.1) is 7.11 Å².